The van der Waals surface area contributed by atoms with Gasteiger partial charge in [-0.25, -0.2) is 14.3 Å². The first-order valence-electron chi connectivity index (χ1n) is 13.0. The summed E-state index contributed by atoms with van der Waals surface area (Å²) in [6, 6.07) is 12.2. The minimum atomic E-state index is -0.626. The Hall–Kier alpha value is -2.72. The number of nitrogens with zero attached hydrogens (tertiary/aromatic N) is 8. The topological polar surface area (TPSA) is 86.8 Å². The van der Waals surface area contributed by atoms with Crippen LogP contribution in [0, 0.1) is 5.41 Å². The second-order valence-corrected chi connectivity index (χ2v) is 12.1. The van der Waals surface area contributed by atoms with Gasteiger partial charge in [-0.3, -0.25) is 4.90 Å². The van der Waals surface area contributed by atoms with Gasteiger partial charge in [0.25, 0.3) is 0 Å². The summed E-state index contributed by atoms with van der Waals surface area (Å²) in [7, 11) is 0. The van der Waals surface area contributed by atoms with E-state index in [4.69, 9.17) is 39.5 Å². The van der Waals surface area contributed by atoms with Crippen LogP contribution in [0.1, 0.15) is 69.7 Å². The van der Waals surface area contributed by atoms with Gasteiger partial charge in [-0.1, -0.05) is 68.1 Å². The fraction of sp³-hybridized carbons (Fsp3) is 0.444. The maximum Gasteiger partial charge on any atom is 0.215 e. The Bertz CT molecular complexity index is 1360. The largest absolute Gasteiger partial charge is 0.466 e. The molecule has 3 atom stereocenters. The summed E-state index contributed by atoms with van der Waals surface area (Å²) in [5.41, 5.74) is 0.534. The second-order valence-electron chi connectivity index (χ2n) is 10.8. The average Bonchev–Trinajstić information content (AvgIpc) is 3.59. The van der Waals surface area contributed by atoms with Gasteiger partial charge in [0.1, 0.15) is 24.4 Å². The van der Waals surface area contributed by atoms with Crippen LogP contribution in [0.15, 0.2) is 55.1 Å². The lowest BCUT2D eigenvalue weighted by Crippen LogP contribution is -2.41. The van der Waals surface area contributed by atoms with Crippen LogP contribution in [0.4, 0.5) is 0 Å². The molecule has 1 aliphatic rings. The van der Waals surface area contributed by atoms with Crippen molar-refractivity contribution in [1.82, 2.24) is 39.9 Å². The van der Waals surface area contributed by atoms with Crippen molar-refractivity contribution in [3.05, 3.63) is 81.6 Å². The number of ether oxygens (including phenoxy) is 1. The third kappa shape index (κ3) is 6.22. The van der Waals surface area contributed by atoms with E-state index in [1.807, 2.05) is 28.9 Å². The zero-order valence-corrected chi connectivity index (χ0v) is 24.4. The molecular weight excluding hydrogens is 559 g/mol. The maximum absolute atomic E-state index is 6.80. The molecule has 0 saturated carbocycles. The number of hydrogen-bond acceptors (Lipinski definition) is 7. The summed E-state index contributed by atoms with van der Waals surface area (Å²) in [6.07, 6.45) is 5.87. The van der Waals surface area contributed by atoms with E-state index < -0.39 is 12.3 Å². The molecular formula is C27H31Cl3N8O. The fourth-order valence-corrected chi connectivity index (χ4v) is 5.80. The van der Waals surface area contributed by atoms with Gasteiger partial charge >= 0.3 is 0 Å². The average molecular weight is 590 g/mol. The van der Waals surface area contributed by atoms with E-state index in [9.17, 15) is 0 Å². The number of piperidine rings is 1. The van der Waals surface area contributed by atoms with Crippen LogP contribution in [0.5, 0.6) is 5.75 Å². The van der Waals surface area contributed by atoms with Crippen molar-refractivity contribution in [2.45, 2.75) is 58.3 Å². The number of benzene rings is 2. The quantitative estimate of drug-likeness (QED) is 0.227. The van der Waals surface area contributed by atoms with Gasteiger partial charge < -0.3 is 4.74 Å². The van der Waals surface area contributed by atoms with Crippen LogP contribution in [0.3, 0.4) is 0 Å². The van der Waals surface area contributed by atoms with Crippen LogP contribution in [0.25, 0.3) is 0 Å². The molecule has 0 unspecified atom stereocenters. The lowest BCUT2D eigenvalue weighted by molar-refractivity contribution is -0.00232. The third-order valence-corrected chi connectivity index (χ3v) is 7.78. The first-order valence-corrected chi connectivity index (χ1v) is 14.1. The van der Waals surface area contributed by atoms with E-state index in [0.717, 1.165) is 31.5 Å². The summed E-state index contributed by atoms with van der Waals surface area (Å²) in [5.74, 6) is 1.31. The zero-order chi connectivity index (χ0) is 27.6. The number of rotatable bonds is 8. The Morgan fingerprint density at radius 2 is 1.64 bits per heavy atom. The lowest BCUT2D eigenvalue weighted by atomic mass is 9.85. The van der Waals surface area contributed by atoms with E-state index in [-0.39, 0.29) is 11.5 Å². The van der Waals surface area contributed by atoms with Crippen LogP contribution in [-0.2, 0) is 0 Å². The highest BCUT2D eigenvalue weighted by atomic mass is 35.5. The van der Waals surface area contributed by atoms with Gasteiger partial charge in [-0.15, -0.1) is 5.10 Å². The number of aromatic nitrogens is 7. The van der Waals surface area contributed by atoms with Crippen molar-refractivity contribution < 1.29 is 4.74 Å². The Kier molecular flexibility index (Phi) is 8.42. The van der Waals surface area contributed by atoms with Crippen LogP contribution in [-0.4, -0.2) is 53.0 Å². The smallest absolute Gasteiger partial charge is 0.215 e. The van der Waals surface area contributed by atoms with Crippen molar-refractivity contribution in [1.29, 1.82) is 0 Å². The normalized spacial score (nSPS) is 17.1. The van der Waals surface area contributed by atoms with Crippen LogP contribution < -0.4 is 4.74 Å². The van der Waals surface area contributed by atoms with Crippen molar-refractivity contribution >= 4 is 34.8 Å². The van der Waals surface area contributed by atoms with E-state index in [0.29, 0.717) is 26.6 Å². The number of halogens is 3. The number of hydrogen-bond donors (Lipinski definition) is 0. The van der Waals surface area contributed by atoms with Gasteiger partial charge in [0.2, 0.25) is 6.23 Å². The summed E-state index contributed by atoms with van der Waals surface area (Å²) in [5, 5.41) is 19.6. The number of likely N-dealkylation sites (tertiary alicyclic amines) is 1. The van der Waals surface area contributed by atoms with Gasteiger partial charge in [-0.05, 0) is 83.7 Å². The third-order valence-electron chi connectivity index (χ3n) is 6.96. The molecule has 0 spiro atoms. The minimum Gasteiger partial charge on any atom is -0.466 e. The highest BCUT2D eigenvalue weighted by Gasteiger charge is 2.42. The molecule has 0 N–H and O–H groups in total. The van der Waals surface area contributed by atoms with Crippen molar-refractivity contribution in [2.75, 3.05) is 13.1 Å². The maximum atomic E-state index is 6.80. The summed E-state index contributed by atoms with van der Waals surface area (Å²) < 4.78 is 10.1. The Morgan fingerprint density at radius 3 is 2.28 bits per heavy atom. The molecule has 0 radical (unpaired) electrons. The van der Waals surface area contributed by atoms with E-state index in [1.54, 1.807) is 29.2 Å². The first-order chi connectivity index (χ1) is 18.7. The molecule has 1 saturated heterocycles. The molecule has 3 heterocycles. The van der Waals surface area contributed by atoms with Gasteiger partial charge in [0, 0.05) is 15.1 Å². The Morgan fingerprint density at radius 1 is 0.923 bits per heavy atom. The molecule has 9 nitrogen and oxygen atoms in total. The molecule has 12 heteroatoms. The van der Waals surface area contributed by atoms with Crippen LogP contribution in [0.2, 0.25) is 15.1 Å². The van der Waals surface area contributed by atoms with Gasteiger partial charge in [0.15, 0.2) is 5.82 Å². The van der Waals surface area contributed by atoms with Crippen molar-refractivity contribution in [3.63, 3.8) is 0 Å². The highest BCUT2D eigenvalue weighted by Crippen LogP contribution is 2.43. The Labute approximate surface area is 243 Å². The summed E-state index contributed by atoms with van der Waals surface area (Å²) in [4.78, 5) is 6.59. The molecule has 0 amide bonds. The molecule has 206 valence electrons. The summed E-state index contributed by atoms with van der Waals surface area (Å²) in [6.45, 7) is 8.20. The highest BCUT2D eigenvalue weighted by molar-refractivity contribution is 6.35. The number of tetrazole rings is 1. The molecule has 5 rings (SSSR count). The predicted molar refractivity (Wildman–Crippen MR) is 151 cm³/mol. The zero-order valence-electron chi connectivity index (χ0n) is 22.1. The molecule has 0 bridgehead atoms. The molecule has 39 heavy (non-hydrogen) atoms. The standard InChI is InChI=1S/C27H31Cl3N8O/c1-27(2,3)24(26(37-17-31-16-32-37)39-20-10-7-18(28)8-11-20)38-25(33-34-35-38)23(36-13-5-4-6-14-36)21-12-9-19(29)15-22(21)30/h7-12,15-17,23-24,26H,4-6,13-14H2,1-3H3/t23-,24+,26+/m1/s1. The second kappa shape index (κ2) is 11.8. The van der Waals surface area contributed by atoms with Gasteiger partial charge in [-0.2, -0.15) is 5.10 Å². The lowest BCUT2D eigenvalue weighted by Gasteiger charge is -2.39. The molecule has 1 aliphatic heterocycles. The van der Waals surface area contributed by atoms with Gasteiger partial charge in [0.05, 0.1) is 6.04 Å². The van der Waals surface area contributed by atoms with E-state index in [1.165, 1.54) is 12.7 Å². The van der Waals surface area contributed by atoms with Crippen molar-refractivity contribution in [3.8, 4) is 5.75 Å². The predicted octanol–water partition coefficient (Wildman–Crippen LogP) is 6.67. The molecule has 1 fully saturated rings. The van der Waals surface area contributed by atoms with E-state index in [2.05, 4.69) is 51.3 Å². The van der Waals surface area contributed by atoms with Crippen LogP contribution >= 0.6 is 34.8 Å². The molecule has 0 aliphatic carbocycles. The van der Waals surface area contributed by atoms with E-state index >= 15 is 0 Å². The van der Waals surface area contributed by atoms with Crippen molar-refractivity contribution in [2.24, 2.45) is 5.41 Å². The molecule has 2 aromatic carbocycles. The first kappa shape index (κ1) is 27.8. The molecule has 4 aromatic rings. The Balaban J connectivity index is 1.64. The molecule has 2 aromatic heterocycles. The monoisotopic (exact) mass is 588 g/mol. The minimum absolute atomic E-state index is 0.276. The summed E-state index contributed by atoms with van der Waals surface area (Å²) >= 11 is 19.2. The fourth-order valence-electron chi connectivity index (χ4n) is 5.16. The SMILES string of the molecule is CC(C)(C)[C@H]([C@H](Oc1ccc(Cl)cc1)n1cncn1)n1nnnc1[C@@H](c1ccc(Cl)cc1Cl)N1CCCCC1.